The Morgan fingerprint density at radius 1 is 0.964 bits per heavy atom. The highest BCUT2D eigenvalue weighted by Crippen LogP contribution is 2.15. The lowest BCUT2D eigenvalue weighted by Gasteiger charge is -2.05. The van der Waals surface area contributed by atoms with Gasteiger partial charge in [0, 0.05) is 18.4 Å². The number of carboxylic acid groups (broad SMARTS) is 1. The van der Waals surface area contributed by atoms with Crippen molar-refractivity contribution in [2.45, 2.75) is 77.2 Å². The molecule has 0 fully saturated rings. The highest BCUT2D eigenvalue weighted by Gasteiger charge is 2.10. The standard InChI is InChI=1S/C24H34O4/c1-2-3-4-5-6-7-15-21(25)16-10-8-13-20-14-9-11-17-22(20)23(26)18-12-19-24(27)28/h8-11,13-14,16-17,21,25H,2-7,12,15,18-19H2,1H3,(H,27,28)/b13-8+,16-10+. The van der Waals surface area contributed by atoms with E-state index in [1.807, 2.05) is 36.4 Å². The molecular weight excluding hydrogens is 352 g/mol. The van der Waals surface area contributed by atoms with Gasteiger partial charge in [0.1, 0.15) is 0 Å². The Morgan fingerprint density at radius 3 is 2.43 bits per heavy atom. The van der Waals surface area contributed by atoms with Gasteiger partial charge in [-0.05, 0) is 18.4 Å². The second-order valence-electron chi connectivity index (χ2n) is 7.13. The van der Waals surface area contributed by atoms with Gasteiger partial charge in [0.25, 0.3) is 0 Å². The van der Waals surface area contributed by atoms with Crippen LogP contribution in [-0.2, 0) is 4.79 Å². The summed E-state index contributed by atoms with van der Waals surface area (Å²) in [7, 11) is 0. The fraction of sp³-hybridized carbons (Fsp3) is 0.500. The molecule has 154 valence electrons. The first-order valence-corrected chi connectivity index (χ1v) is 10.4. The molecule has 1 unspecified atom stereocenters. The Hall–Kier alpha value is -2.20. The number of aliphatic hydroxyl groups is 1. The van der Waals surface area contributed by atoms with Crippen LogP contribution in [0.4, 0.5) is 0 Å². The summed E-state index contributed by atoms with van der Waals surface area (Å²) < 4.78 is 0. The van der Waals surface area contributed by atoms with E-state index in [-0.39, 0.29) is 18.6 Å². The van der Waals surface area contributed by atoms with Crippen LogP contribution >= 0.6 is 0 Å². The maximum Gasteiger partial charge on any atom is 0.303 e. The first-order valence-electron chi connectivity index (χ1n) is 10.4. The van der Waals surface area contributed by atoms with Gasteiger partial charge >= 0.3 is 5.97 Å². The van der Waals surface area contributed by atoms with Crippen molar-refractivity contribution in [2.24, 2.45) is 0 Å². The number of benzene rings is 1. The highest BCUT2D eigenvalue weighted by atomic mass is 16.4. The van der Waals surface area contributed by atoms with Gasteiger partial charge in [-0.1, -0.05) is 94.0 Å². The summed E-state index contributed by atoms with van der Waals surface area (Å²) in [4.78, 5) is 22.9. The molecule has 0 aromatic heterocycles. The van der Waals surface area contributed by atoms with Gasteiger partial charge in [-0.15, -0.1) is 0 Å². The molecule has 1 atom stereocenters. The molecule has 1 aromatic rings. The molecule has 0 aliphatic rings. The molecule has 0 bridgehead atoms. The minimum atomic E-state index is -0.884. The number of Topliss-reactive ketones (excluding diaryl/α,β-unsaturated/α-hetero) is 1. The normalized spacial score (nSPS) is 12.6. The van der Waals surface area contributed by atoms with Gasteiger partial charge in [-0.3, -0.25) is 9.59 Å². The minimum Gasteiger partial charge on any atom is -0.481 e. The Labute approximate surface area is 169 Å². The molecule has 1 rings (SSSR count). The number of carbonyl (C=O) groups is 2. The number of unbranched alkanes of at least 4 members (excludes halogenated alkanes) is 5. The van der Waals surface area contributed by atoms with Crippen molar-refractivity contribution in [1.82, 2.24) is 0 Å². The van der Waals surface area contributed by atoms with Crippen LogP contribution < -0.4 is 0 Å². The number of aliphatic hydroxyl groups excluding tert-OH is 1. The van der Waals surface area contributed by atoms with Gasteiger partial charge < -0.3 is 10.2 Å². The molecule has 0 spiro atoms. The zero-order chi connectivity index (χ0) is 20.6. The summed E-state index contributed by atoms with van der Waals surface area (Å²) in [6.45, 7) is 2.20. The molecule has 0 saturated carbocycles. The van der Waals surface area contributed by atoms with Crippen molar-refractivity contribution in [3.8, 4) is 0 Å². The van der Waals surface area contributed by atoms with Gasteiger partial charge in [0.05, 0.1) is 6.10 Å². The SMILES string of the molecule is CCCCCCCCC(O)/C=C/C=C/c1ccccc1C(=O)CCCC(=O)O. The number of carboxylic acids is 1. The largest absolute Gasteiger partial charge is 0.481 e. The molecule has 0 radical (unpaired) electrons. The number of allylic oxidation sites excluding steroid dienone is 2. The fourth-order valence-corrected chi connectivity index (χ4v) is 3.01. The van der Waals surface area contributed by atoms with Gasteiger partial charge in [-0.25, -0.2) is 0 Å². The van der Waals surface area contributed by atoms with Crippen LogP contribution in [0.25, 0.3) is 6.08 Å². The summed E-state index contributed by atoms with van der Waals surface area (Å²) in [5.41, 5.74) is 1.41. The minimum absolute atomic E-state index is 0.00295. The van der Waals surface area contributed by atoms with E-state index in [2.05, 4.69) is 6.92 Å². The molecule has 1 aromatic carbocycles. The van der Waals surface area contributed by atoms with Crippen LogP contribution in [0.1, 0.15) is 87.1 Å². The quantitative estimate of drug-likeness (QED) is 0.227. The number of hydrogen-bond donors (Lipinski definition) is 2. The van der Waals surface area contributed by atoms with E-state index in [1.165, 1.54) is 25.7 Å². The fourth-order valence-electron chi connectivity index (χ4n) is 3.01. The third-order valence-electron chi connectivity index (χ3n) is 4.63. The van der Waals surface area contributed by atoms with Crippen molar-refractivity contribution >= 4 is 17.8 Å². The van der Waals surface area contributed by atoms with E-state index in [9.17, 15) is 14.7 Å². The van der Waals surface area contributed by atoms with Crippen molar-refractivity contribution in [2.75, 3.05) is 0 Å². The molecule has 28 heavy (non-hydrogen) atoms. The number of rotatable bonds is 15. The third-order valence-corrected chi connectivity index (χ3v) is 4.63. The first-order chi connectivity index (χ1) is 13.5. The van der Waals surface area contributed by atoms with Crippen molar-refractivity contribution < 1.29 is 19.8 Å². The number of aliphatic carboxylic acids is 1. The summed E-state index contributed by atoms with van der Waals surface area (Å²) >= 11 is 0. The van der Waals surface area contributed by atoms with E-state index in [4.69, 9.17) is 5.11 Å². The summed E-state index contributed by atoms with van der Waals surface area (Å²) in [6.07, 6.45) is 15.4. The van der Waals surface area contributed by atoms with E-state index < -0.39 is 12.1 Å². The summed E-state index contributed by atoms with van der Waals surface area (Å²) in [6, 6.07) is 7.30. The second kappa shape index (κ2) is 14.8. The molecular formula is C24H34O4. The average Bonchev–Trinajstić information content (AvgIpc) is 2.68. The van der Waals surface area contributed by atoms with E-state index in [1.54, 1.807) is 12.1 Å². The highest BCUT2D eigenvalue weighted by molar-refractivity contribution is 5.99. The van der Waals surface area contributed by atoms with Crippen LogP contribution in [-0.4, -0.2) is 28.1 Å². The number of hydrogen-bond acceptors (Lipinski definition) is 3. The second-order valence-corrected chi connectivity index (χ2v) is 7.13. The molecule has 0 aliphatic carbocycles. The average molecular weight is 387 g/mol. The molecule has 4 nitrogen and oxygen atoms in total. The Bertz CT molecular complexity index is 646. The van der Waals surface area contributed by atoms with Crippen LogP contribution in [0.3, 0.4) is 0 Å². The Morgan fingerprint density at radius 2 is 1.68 bits per heavy atom. The first kappa shape index (κ1) is 23.8. The lowest BCUT2D eigenvalue weighted by atomic mass is 9.99. The summed E-state index contributed by atoms with van der Waals surface area (Å²) in [5, 5.41) is 18.7. The van der Waals surface area contributed by atoms with Crippen LogP contribution in [0.5, 0.6) is 0 Å². The van der Waals surface area contributed by atoms with Gasteiger partial charge in [-0.2, -0.15) is 0 Å². The molecule has 0 amide bonds. The Balaban J connectivity index is 2.45. The molecule has 0 saturated heterocycles. The number of carbonyl (C=O) groups excluding carboxylic acids is 1. The predicted molar refractivity (Wildman–Crippen MR) is 114 cm³/mol. The molecule has 4 heteroatoms. The predicted octanol–water partition coefficient (Wildman–Crippen LogP) is 5.81. The maximum absolute atomic E-state index is 12.3. The van der Waals surface area contributed by atoms with Crippen molar-refractivity contribution in [1.29, 1.82) is 0 Å². The smallest absolute Gasteiger partial charge is 0.303 e. The zero-order valence-corrected chi connectivity index (χ0v) is 17.0. The van der Waals surface area contributed by atoms with E-state index in [0.717, 1.165) is 24.8 Å². The molecule has 2 N–H and O–H groups in total. The molecule has 0 aliphatic heterocycles. The topological polar surface area (TPSA) is 74.6 Å². The third kappa shape index (κ3) is 10.8. The van der Waals surface area contributed by atoms with Gasteiger partial charge in [0.2, 0.25) is 0 Å². The van der Waals surface area contributed by atoms with E-state index >= 15 is 0 Å². The van der Waals surface area contributed by atoms with E-state index in [0.29, 0.717) is 12.0 Å². The van der Waals surface area contributed by atoms with Crippen molar-refractivity contribution in [3.63, 3.8) is 0 Å². The van der Waals surface area contributed by atoms with Crippen LogP contribution in [0.2, 0.25) is 0 Å². The van der Waals surface area contributed by atoms with Crippen molar-refractivity contribution in [3.05, 3.63) is 53.6 Å². The summed E-state index contributed by atoms with van der Waals surface area (Å²) in [5.74, 6) is -0.931. The number of ketones is 1. The monoisotopic (exact) mass is 386 g/mol. The van der Waals surface area contributed by atoms with Crippen LogP contribution in [0, 0.1) is 0 Å². The lowest BCUT2D eigenvalue weighted by Crippen LogP contribution is -2.03. The molecule has 0 heterocycles. The zero-order valence-electron chi connectivity index (χ0n) is 17.0. The lowest BCUT2D eigenvalue weighted by molar-refractivity contribution is -0.137. The Kier molecular flexibility index (Phi) is 12.6. The van der Waals surface area contributed by atoms with Crippen LogP contribution in [0.15, 0.2) is 42.5 Å². The maximum atomic E-state index is 12.3. The van der Waals surface area contributed by atoms with Gasteiger partial charge in [0.15, 0.2) is 5.78 Å².